The second kappa shape index (κ2) is 9.10. The van der Waals surface area contributed by atoms with Gasteiger partial charge in [0.05, 0.1) is 10.1 Å². The molecule has 0 amide bonds. The summed E-state index contributed by atoms with van der Waals surface area (Å²) >= 11 is 0. The number of anilines is 1. The SMILES string of the molecule is CP(C)(=O)c1ccc(-c2ccc(S(=O)(=O)C3CCC(Nc4ccc(S(F)(F)(F)(F)F)cc4)CC3)cc2)cc1. The minimum Gasteiger partial charge on any atom is -0.382 e. The fourth-order valence-corrected chi connectivity index (χ4v) is 7.91. The number of rotatable bonds is 7. The molecule has 0 aromatic heterocycles. The lowest BCUT2D eigenvalue weighted by Gasteiger charge is -2.40. The number of nitrogens with one attached hydrogen (secondary N) is 1. The minimum absolute atomic E-state index is 0.181. The van der Waals surface area contributed by atoms with Crippen LogP contribution < -0.4 is 10.6 Å². The summed E-state index contributed by atoms with van der Waals surface area (Å²) in [4.78, 5) is -1.73. The lowest BCUT2D eigenvalue weighted by molar-refractivity contribution is 0.364. The first-order valence-electron chi connectivity index (χ1n) is 11.9. The quantitative estimate of drug-likeness (QED) is 0.221. The molecule has 12 heteroatoms. The largest absolute Gasteiger partial charge is 0.382 e. The number of halogens is 5. The van der Waals surface area contributed by atoms with Crippen LogP contribution in [0.1, 0.15) is 25.7 Å². The van der Waals surface area contributed by atoms with Crippen molar-refractivity contribution < 1.29 is 32.4 Å². The van der Waals surface area contributed by atoms with Crippen LogP contribution in [0.2, 0.25) is 0 Å². The van der Waals surface area contributed by atoms with Crippen molar-refractivity contribution in [1.29, 1.82) is 0 Å². The maximum Gasteiger partial charge on any atom is 0.310 e. The average molecular weight is 594 g/mol. The summed E-state index contributed by atoms with van der Waals surface area (Å²) in [6, 6.07) is 16.5. The van der Waals surface area contributed by atoms with Gasteiger partial charge in [0, 0.05) is 17.0 Å². The number of benzene rings is 3. The highest BCUT2D eigenvalue weighted by Gasteiger charge is 2.65. The van der Waals surface area contributed by atoms with Gasteiger partial charge in [0.25, 0.3) is 0 Å². The van der Waals surface area contributed by atoms with E-state index in [0.29, 0.717) is 37.8 Å². The van der Waals surface area contributed by atoms with Crippen LogP contribution in [0.4, 0.5) is 25.1 Å². The van der Waals surface area contributed by atoms with Gasteiger partial charge in [-0.2, -0.15) is 0 Å². The molecular weight excluding hydrogens is 564 g/mol. The maximum atomic E-state index is 13.2. The van der Waals surface area contributed by atoms with Crippen molar-refractivity contribution in [2.45, 2.75) is 46.8 Å². The normalized spacial score (nSPS) is 20.8. The molecular formula is C26H29F5NO3PS2. The molecule has 1 aliphatic carbocycles. The van der Waals surface area contributed by atoms with E-state index in [-0.39, 0.29) is 16.6 Å². The van der Waals surface area contributed by atoms with Gasteiger partial charge in [-0.25, -0.2) is 8.42 Å². The Hall–Kier alpha value is -2.36. The van der Waals surface area contributed by atoms with Crippen LogP contribution in [-0.4, -0.2) is 33.0 Å². The molecule has 0 bridgehead atoms. The van der Waals surface area contributed by atoms with E-state index in [1.165, 1.54) is 0 Å². The highest BCUT2D eigenvalue weighted by molar-refractivity contribution is 8.45. The number of hydrogen-bond acceptors (Lipinski definition) is 4. The van der Waals surface area contributed by atoms with Crippen LogP contribution in [0.15, 0.2) is 82.6 Å². The van der Waals surface area contributed by atoms with Gasteiger partial charge in [-0.3, -0.25) is 0 Å². The minimum atomic E-state index is -9.72. The Morgan fingerprint density at radius 3 is 1.66 bits per heavy atom. The van der Waals surface area contributed by atoms with Gasteiger partial charge in [0.1, 0.15) is 12.0 Å². The van der Waals surface area contributed by atoms with Crippen LogP contribution in [0.25, 0.3) is 11.1 Å². The van der Waals surface area contributed by atoms with Crippen molar-refractivity contribution in [3.63, 3.8) is 0 Å². The first-order valence-corrected chi connectivity index (χ1v) is 18.0. The Kier molecular flexibility index (Phi) is 6.86. The van der Waals surface area contributed by atoms with E-state index >= 15 is 0 Å². The van der Waals surface area contributed by atoms with Gasteiger partial charge in [0.15, 0.2) is 9.84 Å². The van der Waals surface area contributed by atoms with E-state index in [4.69, 9.17) is 0 Å². The summed E-state index contributed by atoms with van der Waals surface area (Å²) < 4.78 is 103. The molecule has 1 N–H and O–H groups in total. The van der Waals surface area contributed by atoms with E-state index in [0.717, 1.165) is 28.6 Å². The Balaban J connectivity index is 1.38. The lowest BCUT2D eigenvalue weighted by atomic mass is 9.95. The van der Waals surface area contributed by atoms with Crippen molar-refractivity contribution in [2.75, 3.05) is 18.6 Å². The molecule has 3 aromatic rings. The number of hydrogen-bond donors (Lipinski definition) is 1. The van der Waals surface area contributed by atoms with E-state index in [9.17, 15) is 32.4 Å². The molecule has 1 saturated carbocycles. The molecule has 0 heterocycles. The fraction of sp³-hybridized carbons (Fsp3) is 0.308. The standard InChI is InChI=1S/C26H29F5NO3PS2/c1-36(2,33)23-11-3-19(4-12-23)20-5-13-24(14-6-20)37(34,35)25-15-7-21(8-16-25)32-22-9-17-26(18-10-22)38(27,28,29,30)31/h3-6,9-14,17-18,21,25,32H,7-8,15-16H2,1-2H3. The van der Waals surface area contributed by atoms with Gasteiger partial charge < -0.3 is 9.88 Å². The third kappa shape index (κ3) is 6.61. The molecule has 1 fully saturated rings. The van der Waals surface area contributed by atoms with Crippen molar-refractivity contribution in [1.82, 2.24) is 0 Å². The van der Waals surface area contributed by atoms with Crippen molar-refractivity contribution in [3.8, 4) is 11.1 Å². The van der Waals surface area contributed by atoms with Crippen LogP contribution >= 0.6 is 17.4 Å². The van der Waals surface area contributed by atoms with Gasteiger partial charge >= 0.3 is 10.2 Å². The van der Waals surface area contributed by atoms with Gasteiger partial charge in [0.2, 0.25) is 0 Å². The van der Waals surface area contributed by atoms with Gasteiger partial charge in [-0.15, -0.1) is 0 Å². The molecule has 4 rings (SSSR count). The molecule has 4 nitrogen and oxygen atoms in total. The first-order chi connectivity index (χ1) is 17.3. The van der Waals surface area contributed by atoms with Crippen molar-refractivity contribution in [3.05, 3.63) is 72.8 Å². The van der Waals surface area contributed by atoms with Crippen molar-refractivity contribution in [2.24, 2.45) is 0 Å². The molecule has 0 aliphatic heterocycles. The Labute approximate surface area is 219 Å². The zero-order valence-corrected chi connectivity index (χ0v) is 23.3. The lowest BCUT2D eigenvalue weighted by Crippen LogP contribution is -2.32. The first kappa shape index (κ1) is 28.6. The molecule has 0 unspecified atom stereocenters. The Bertz CT molecular complexity index is 1460. The molecule has 208 valence electrons. The Morgan fingerprint density at radius 1 is 0.737 bits per heavy atom. The van der Waals surface area contributed by atoms with E-state index in [1.54, 1.807) is 37.6 Å². The number of sulfone groups is 1. The third-order valence-corrected chi connectivity index (χ3v) is 11.8. The summed E-state index contributed by atoms with van der Waals surface area (Å²) in [6.45, 7) is 3.40. The average Bonchev–Trinajstić information content (AvgIpc) is 2.83. The zero-order valence-electron chi connectivity index (χ0n) is 20.8. The second-order valence-corrected chi connectivity index (χ2v) is 17.9. The third-order valence-electron chi connectivity index (χ3n) is 6.79. The molecule has 0 spiro atoms. The summed E-state index contributed by atoms with van der Waals surface area (Å²) in [7, 11) is -15.7. The highest BCUT2D eigenvalue weighted by Crippen LogP contribution is 3.02. The smallest absolute Gasteiger partial charge is 0.310 e. The summed E-state index contributed by atoms with van der Waals surface area (Å²) in [5, 5.41) is 3.20. The predicted octanol–water partition coefficient (Wildman–Crippen LogP) is 8.46. The summed E-state index contributed by atoms with van der Waals surface area (Å²) in [6.07, 6.45) is 1.66. The Morgan fingerprint density at radius 2 is 1.21 bits per heavy atom. The van der Waals surface area contributed by atoms with Crippen LogP contribution in [0.3, 0.4) is 0 Å². The van der Waals surface area contributed by atoms with Crippen molar-refractivity contribution >= 4 is 38.2 Å². The van der Waals surface area contributed by atoms with Crippen LogP contribution in [0, 0.1) is 0 Å². The maximum absolute atomic E-state index is 13.2. The highest BCUT2D eigenvalue weighted by atomic mass is 32.5. The van der Waals surface area contributed by atoms with Gasteiger partial charge in [-0.05, 0) is 86.5 Å². The second-order valence-electron chi connectivity index (χ2n) is 10.1. The monoisotopic (exact) mass is 593 g/mol. The predicted molar refractivity (Wildman–Crippen MR) is 146 cm³/mol. The topological polar surface area (TPSA) is 63.2 Å². The van der Waals surface area contributed by atoms with E-state index < -0.39 is 37.3 Å². The van der Waals surface area contributed by atoms with Crippen LogP contribution in [0.5, 0.6) is 0 Å². The van der Waals surface area contributed by atoms with Crippen LogP contribution in [-0.2, 0) is 14.4 Å². The van der Waals surface area contributed by atoms with E-state index in [1.807, 2.05) is 24.3 Å². The molecule has 3 aromatic carbocycles. The van der Waals surface area contributed by atoms with E-state index in [2.05, 4.69) is 5.32 Å². The fourth-order valence-electron chi connectivity index (χ4n) is 4.60. The van der Waals surface area contributed by atoms with Gasteiger partial charge in [-0.1, -0.05) is 55.8 Å². The summed E-state index contributed by atoms with van der Waals surface area (Å²) in [5.74, 6) is 0. The molecule has 0 saturated heterocycles. The molecule has 0 atom stereocenters. The summed E-state index contributed by atoms with van der Waals surface area (Å²) in [5.41, 5.74) is 1.99. The zero-order chi connectivity index (χ0) is 28.0. The molecule has 1 aliphatic rings. The molecule has 0 radical (unpaired) electrons. The molecule has 38 heavy (non-hydrogen) atoms.